The van der Waals surface area contributed by atoms with E-state index < -0.39 is 97.5 Å². The minimum atomic E-state index is -4.97. The maximum atomic E-state index is 13.1. The van der Waals surface area contributed by atoms with E-state index in [1.54, 1.807) is 0 Å². The van der Waals surface area contributed by atoms with Gasteiger partial charge in [0, 0.05) is 25.7 Å². The van der Waals surface area contributed by atoms with Gasteiger partial charge in [-0.05, 0) is 57.8 Å². The van der Waals surface area contributed by atoms with E-state index in [1.165, 1.54) is 225 Å². The third-order valence-electron chi connectivity index (χ3n) is 18.4. The Bertz CT molecular complexity index is 1990. The zero-order chi connectivity index (χ0) is 73.2. The monoisotopic (exact) mass is 1460 g/mol. The number of carbonyl (C=O) groups is 4. The average Bonchev–Trinajstić information content (AvgIpc) is 0.928. The molecule has 0 fully saturated rings. The fourth-order valence-electron chi connectivity index (χ4n) is 12.1. The Balaban J connectivity index is 5.28. The van der Waals surface area contributed by atoms with Gasteiger partial charge in [0.1, 0.15) is 19.3 Å². The smallest absolute Gasteiger partial charge is 0.462 e. The molecule has 100 heavy (non-hydrogen) atoms. The first kappa shape index (κ1) is 97.5. The highest BCUT2D eigenvalue weighted by Crippen LogP contribution is 2.45. The largest absolute Gasteiger partial charge is 0.472 e. The minimum Gasteiger partial charge on any atom is -0.462 e. The van der Waals surface area contributed by atoms with E-state index in [1.807, 2.05) is 0 Å². The molecule has 0 saturated heterocycles. The summed E-state index contributed by atoms with van der Waals surface area (Å²) in [6.45, 7) is 4.96. The molecule has 5 atom stereocenters. The fraction of sp³-hybridized carbons (Fsp3) is 0.901. The van der Waals surface area contributed by atoms with E-state index in [2.05, 4.69) is 52.0 Å². The molecule has 0 saturated carbocycles. The number of hydrogen-bond donors (Lipinski definition) is 3. The summed E-state index contributed by atoms with van der Waals surface area (Å²) < 4.78 is 68.7. The molecule has 17 nitrogen and oxygen atoms in total. The van der Waals surface area contributed by atoms with Crippen LogP contribution in [-0.4, -0.2) is 96.7 Å². The molecule has 0 heterocycles. The summed E-state index contributed by atoms with van der Waals surface area (Å²) in [5.41, 5.74) is 0. The van der Waals surface area contributed by atoms with Gasteiger partial charge in [-0.25, -0.2) is 9.13 Å². The van der Waals surface area contributed by atoms with Gasteiger partial charge in [0.05, 0.1) is 26.4 Å². The molecule has 0 aromatic heterocycles. The number of rotatable bonds is 80. The van der Waals surface area contributed by atoms with E-state index in [-0.39, 0.29) is 25.7 Å². The fourth-order valence-corrected chi connectivity index (χ4v) is 13.7. The Labute approximate surface area is 612 Å². The zero-order valence-corrected chi connectivity index (χ0v) is 66.5. The van der Waals surface area contributed by atoms with Crippen molar-refractivity contribution in [1.29, 1.82) is 0 Å². The normalized spacial score (nSPS) is 13.9. The van der Waals surface area contributed by atoms with Crippen LogP contribution in [0.4, 0.5) is 0 Å². The Morgan fingerprint density at radius 3 is 0.760 bits per heavy atom. The standard InChI is InChI=1S/C81H154O17P2/c1-5-9-13-17-21-25-29-33-36-37-40-43-46-50-54-58-62-66-79(84)92-71-76(97-80(85)67-63-59-55-51-47-41-32-28-24-20-16-12-8-4)73-95-99(87,88)93-69-75(82)70-94-100(89,90)96-74-77(98-81(86)68-64-60-56-52-48-44-39-35-31-27-23-19-15-11-7-3)72-91-78(83)65-61-57-53-49-45-42-38-34-30-26-22-18-14-10-6-2/h23,27,35,39,75-77,82H,5-22,24-26,28-34,36-38,40-74H2,1-4H3,(H,87,88)(H,89,90)/b27-23-,39-35-/t75-,76-,77-/m1/s1. The van der Waals surface area contributed by atoms with Gasteiger partial charge in [-0.15, -0.1) is 0 Å². The quantitative estimate of drug-likeness (QED) is 0.0169. The van der Waals surface area contributed by atoms with E-state index in [0.717, 1.165) is 109 Å². The van der Waals surface area contributed by atoms with Crippen LogP contribution < -0.4 is 0 Å². The van der Waals surface area contributed by atoms with Crippen LogP contribution in [0, 0.1) is 0 Å². The molecule has 0 bridgehead atoms. The van der Waals surface area contributed by atoms with Crippen molar-refractivity contribution in [2.24, 2.45) is 0 Å². The second kappa shape index (κ2) is 74.8. The number of aliphatic hydroxyl groups is 1. The highest BCUT2D eigenvalue weighted by Gasteiger charge is 2.30. The van der Waals surface area contributed by atoms with Gasteiger partial charge >= 0.3 is 39.5 Å². The van der Waals surface area contributed by atoms with Gasteiger partial charge in [-0.2, -0.15) is 0 Å². The van der Waals surface area contributed by atoms with Crippen LogP contribution in [0.2, 0.25) is 0 Å². The molecule has 0 aromatic rings. The zero-order valence-electron chi connectivity index (χ0n) is 64.7. The van der Waals surface area contributed by atoms with E-state index in [0.29, 0.717) is 25.7 Å². The molecule has 590 valence electrons. The molecule has 0 amide bonds. The molecule has 2 unspecified atom stereocenters. The van der Waals surface area contributed by atoms with E-state index in [4.69, 9.17) is 37.0 Å². The maximum Gasteiger partial charge on any atom is 0.472 e. The Morgan fingerprint density at radius 1 is 0.280 bits per heavy atom. The molecule has 3 N–H and O–H groups in total. The summed E-state index contributed by atoms with van der Waals surface area (Å²) in [6.07, 6.45) is 70.0. The van der Waals surface area contributed by atoms with Crippen LogP contribution in [0.5, 0.6) is 0 Å². The highest BCUT2D eigenvalue weighted by molar-refractivity contribution is 7.47. The Kier molecular flexibility index (Phi) is 73.0. The van der Waals surface area contributed by atoms with Crippen LogP contribution in [0.3, 0.4) is 0 Å². The molecule has 0 rings (SSSR count). The number of phosphoric ester groups is 2. The first-order valence-electron chi connectivity index (χ1n) is 41.6. The minimum absolute atomic E-state index is 0.0877. The molecule has 0 aliphatic heterocycles. The summed E-state index contributed by atoms with van der Waals surface area (Å²) in [5.74, 6) is -2.13. The topological polar surface area (TPSA) is 237 Å². The Morgan fingerprint density at radius 2 is 0.490 bits per heavy atom. The summed E-state index contributed by atoms with van der Waals surface area (Å²) >= 11 is 0. The highest BCUT2D eigenvalue weighted by atomic mass is 31.2. The predicted molar refractivity (Wildman–Crippen MR) is 409 cm³/mol. The lowest BCUT2D eigenvalue weighted by molar-refractivity contribution is -0.161. The summed E-state index contributed by atoms with van der Waals surface area (Å²) in [5, 5.41) is 10.6. The van der Waals surface area contributed by atoms with Crippen molar-refractivity contribution >= 4 is 39.5 Å². The molecule has 0 aromatic carbocycles. The number of unbranched alkanes of at least 4 members (excludes halogenated alkanes) is 50. The van der Waals surface area contributed by atoms with Gasteiger partial charge in [0.25, 0.3) is 0 Å². The molecule has 0 radical (unpaired) electrons. The van der Waals surface area contributed by atoms with Gasteiger partial charge < -0.3 is 33.8 Å². The average molecular weight is 1460 g/mol. The van der Waals surface area contributed by atoms with Crippen LogP contribution in [0.25, 0.3) is 0 Å². The second-order valence-corrected chi connectivity index (χ2v) is 31.4. The number of esters is 4. The number of allylic oxidation sites excluding steroid dienone is 4. The summed E-state index contributed by atoms with van der Waals surface area (Å²) in [7, 11) is -9.93. The lowest BCUT2D eigenvalue weighted by Crippen LogP contribution is -2.30. The van der Waals surface area contributed by atoms with Crippen LogP contribution in [0.15, 0.2) is 24.3 Å². The number of hydrogen-bond acceptors (Lipinski definition) is 15. The third kappa shape index (κ3) is 73.8. The predicted octanol–water partition coefficient (Wildman–Crippen LogP) is 24.1. The molecular weight excluding hydrogens is 1310 g/mol. The summed E-state index contributed by atoms with van der Waals surface area (Å²) in [6, 6.07) is 0. The third-order valence-corrected chi connectivity index (χ3v) is 20.4. The lowest BCUT2D eigenvalue weighted by atomic mass is 10.0. The van der Waals surface area contributed by atoms with Gasteiger partial charge in [0.2, 0.25) is 0 Å². The van der Waals surface area contributed by atoms with Gasteiger partial charge in [-0.1, -0.05) is 354 Å². The van der Waals surface area contributed by atoms with Gasteiger partial charge in [0.15, 0.2) is 12.2 Å². The van der Waals surface area contributed by atoms with Crippen LogP contribution in [-0.2, 0) is 65.4 Å². The molecule has 0 aliphatic rings. The first-order chi connectivity index (χ1) is 48.7. The number of aliphatic hydroxyl groups excluding tert-OH is 1. The van der Waals surface area contributed by atoms with Crippen molar-refractivity contribution in [1.82, 2.24) is 0 Å². The number of carbonyl (C=O) groups excluding carboxylic acids is 4. The summed E-state index contributed by atoms with van der Waals surface area (Å²) in [4.78, 5) is 73.0. The Hall–Kier alpha value is -2.46. The van der Waals surface area contributed by atoms with Gasteiger partial charge in [-0.3, -0.25) is 37.3 Å². The second-order valence-electron chi connectivity index (χ2n) is 28.4. The first-order valence-corrected chi connectivity index (χ1v) is 44.6. The van der Waals surface area contributed by atoms with Crippen molar-refractivity contribution in [2.75, 3.05) is 39.6 Å². The molecular formula is C81H154O17P2. The lowest BCUT2D eigenvalue weighted by Gasteiger charge is -2.21. The van der Waals surface area contributed by atoms with Crippen molar-refractivity contribution in [2.45, 2.75) is 431 Å². The SMILES string of the molecule is CCCCC/C=C\C/C=C\CCCCCCCC(=O)O[C@H](COC(=O)CCCCCCCCCCCCCCCCC)COP(=O)(O)OC[C@H](O)COP(=O)(O)OC[C@@H](COC(=O)CCCCCCCCCCCCCCCCCCC)OC(=O)CCCCCCCCCCCCCCC. The number of phosphoric acid groups is 2. The number of ether oxygens (including phenoxy) is 4. The molecule has 0 spiro atoms. The van der Waals surface area contributed by atoms with Crippen molar-refractivity contribution in [3.05, 3.63) is 24.3 Å². The maximum absolute atomic E-state index is 13.1. The van der Waals surface area contributed by atoms with Crippen molar-refractivity contribution in [3.63, 3.8) is 0 Å². The van der Waals surface area contributed by atoms with Crippen LogP contribution in [0.1, 0.15) is 413 Å². The molecule has 0 aliphatic carbocycles. The van der Waals surface area contributed by atoms with Crippen molar-refractivity contribution in [3.8, 4) is 0 Å². The van der Waals surface area contributed by atoms with E-state index >= 15 is 0 Å². The van der Waals surface area contributed by atoms with Crippen molar-refractivity contribution < 1.29 is 80.2 Å². The molecule has 19 heteroatoms. The van der Waals surface area contributed by atoms with Crippen LogP contribution >= 0.6 is 15.6 Å². The van der Waals surface area contributed by atoms with E-state index in [9.17, 15) is 43.2 Å².